The maximum absolute atomic E-state index is 12.1. The standard InChI is InChI=1S/C19H17N3O2/c20-14-3-1-12(2-4-14)9-13-10-17(19(24)11-18(13)23)22-16-7-5-15(21)6-8-16/h1-8,10-11,23H,9,20-21H2. The van der Waals surface area contributed by atoms with E-state index < -0.39 is 0 Å². The maximum atomic E-state index is 12.1. The summed E-state index contributed by atoms with van der Waals surface area (Å²) in [6, 6.07) is 14.3. The van der Waals surface area contributed by atoms with Gasteiger partial charge in [-0.1, -0.05) is 12.1 Å². The summed E-state index contributed by atoms with van der Waals surface area (Å²) in [7, 11) is 0. The number of ketones is 1. The molecular weight excluding hydrogens is 302 g/mol. The lowest BCUT2D eigenvalue weighted by Gasteiger charge is -2.12. The van der Waals surface area contributed by atoms with Crippen molar-refractivity contribution in [1.29, 1.82) is 0 Å². The molecule has 5 N–H and O–H groups in total. The minimum absolute atomic E-state index is 0.0342. The van der Waals surface area contributed by atoms with Crippen LogP contribution >= 0.6 is 0 Å². The first-order valence-electron chi connectivity index (χ1n) is 7.46. The van der Waals surface area contributed by atoms with Crippen molar-refractivity contribution in [3.05, 3.63) is 77.6 Å². The molecule has 5 heteroatoms. The third kappa shape index (κ3) is 3.52. The Morgan fingerprint density at radius 1 is 0.875 bits per heavy atom. The molecule has 0 bridgehead atoms. The Labute approximate surface area is 139 Å². The van der Waals surface area contributed by atoms with Crippen LogP contribution < -0.4 is 11.5 Å². The Morgan fingerprint density at radius 2 is 1.46 bits per heavy atom. The molecule has 2 aromatic rings. The van der Waals surface area contributed by atoms with Gasteiger partial charge in [0, 0.05) is 29.4 Å². The number of aliphatic hydroxyl groups excluding tert-OH is 1. The van der Waals surface area contributed by atoms with Crippen molar-refractivity contribution >= 4 is 28.6 Å². The number of hydrogen-bond donors (Lipinski definition) is 3. The lowest BCUT2D eigenvalue weighted by atomic mass is 9.96. The van der Waals surface area contributed by atoms with Gasteiger partial charge in [-0.3, -0.25) is 4.79 Å². The first-order chi connectivity index (χ1) is 11.5. The van der Waals surface area contributed by atoms with E-state index in [-0.39, 0.29) is 17.3 Å². The lowest BCUT2D eigenvalue weighted by molar-refractivity contribution is -0.109. The number of aliphatic hydroxyl groups is 1. The van der Waals surface area contributed by atoms with Gasteiger partial charge in [0.15, 0.2) is 0 Å². The first kappa shape index (κ1) is 15.6. The summed E-state index contributed by atoms with van der Waals surface area (Å²) in [4.78, 5) is 16.4. The summed E-state index contributed by atoms with van der Waals surface area (Å²) in [6.07, 6.45) is 3.30. The Kier molecular flexibility index (Phi) is 4.16. The van der Waals surface area contributed by atoms with E-state index in [1.165, 1.54) is 6.08 Å². The maximum Gasteiger partial charge on any atom is 0.207 e. The second-order valence-electron chi connectivity index (χ2n) is 5.57. The van der Waals surface area contributed by atoms with Gasteiger partial charge in [-0.25, -0.2) is 4.99 Å². The molecule has 0 aromatic heterocycles. The van der Waals surface area contributed by atoms with Crippen molar-refractivity contribution < 1.29 is 9.90 Å². The molecule has 24 heavy (non-hydrogen) atoms. The van der Waals surface area contributed by atoms with Gasteiger partial charge < -0.3 is 16.6 Å². The van der Waals surface area contributed by atoms with Crippen LogP contribution in [0.4, 0.5) is 17.1 Å². The molecule has 120 valence electrons. The highest BCUT2D eigenvalue weighted by molar-refractivity contribution is 6.49. The van der Waals surface area contributed by atoms with Crippen LogP contribution in [0.15, 0.2) is 77.0 Å². The Bertz CT molecular complexity index is 860. The predicted molar refractivity (Wildman–Crippen MR) is 96.3 cm³/mol. The van der Waals surface area contributed by atoms with Gasteiger partial charge in [0.05, 0.1) is 5.69 Å². The largest absolute Gasteiger partial charge is 0.508 e. The highest BCUT2D eigenvalue weighted by atomic mass is 16.3. The zero-order valence-electron chi connectivity index (χ0n) is 12.9. The normalized spacial score (nSPS) is 16.0. The topological polar surface area (TPSA) is 102 Å². The molecule has 0 radical (unpaired) electrons. The quantitative estimate of drug-likeness (QED) is 0.597. The fraction of sp³-hybridized carbons (Fsp3) is 0.0526. The average molecular weight is 319 g/mol. The van der Waals surface area contributed by atoms with Crippen LogP contribution in [-0.2, 0) is 11.2 Å². The van der Waals surface area contributed by atoms with Gasteiger partial charge in [-0.15, -0.1) is 0 Å². The average Bonchev–Trinajstić information content (AvgIpc) is 2.56. The fourth-order valence-electron chi connectivity index (χ4n) is 2.37. The molecule has 1 aliphatic rings. The Hall–Kier alpha value is -3.34. The third-order valence-corrected chi connectivity index (χ3v) is 3.68. The van der Waals surface area contributed by atoms with Gasteiger partial charge in [0.1, 0.15) is 11.5 Å². The molecule has 0 heterocycles. The van der Waals surface area contributed by atoms with Crippen LogP contribution in [-0.4, -0.2) is 16.6 Å². The minimum atomic E-state index is -0.328. The van der Waals surface area contributed by atoms with Crippen LogP contribution in [0.25, 0.3) is 0 Å². The number of carbonyl (C=O) groups excluding carboxylic acids is 1. The lowest BCUT2D eigenvalue weighted by Crippen LogP contribution is -2.16. The monoisotopic (exact) mass is 319 g/mol. The van der Waals surface area contributed by atoms with E-state index >= 15 is 0 Å². The van der Waals surface area contributed by atoms with E-state index in [0.717, 1.165) is 5.56 Å². The van der Waals surface area contributed by atoms with Gasteiger partial charge in [0.2, 0.25) is 5.78 Å². The molecule has 0 saturated heterocycles. The van der Waals surface area contributed by atoms with Crippen molar-refractivity contribution in [3.63, 3.8) is 0 Å². The highest BCUT2D eigenvalue weighted by Gasteiger charge is 2.18. The number of hydrogen-bond acceptors (Lipinski definition) is 5. The van der Waals surface area contributed by atoms with E-state index in [1.807, 2.05) is 12.1 Å². The van der Waals surface area contributed by atoms with Crippen LogP contribution in [0.3, 0.4) is 0 Å². The zero-order chi connectivity index (χ0) is 17.1. The summed E-state index contributed by atoms with van der Waals surface area (Å²) in [5.41, 5.74) is 15.2. The molecule has 1 aliphatic carbocycles. The van der Waals surface area contributed by atoms with Gasteiger partial charge >= 0.3 is 0 Å². The summed E-state index contributed by atoms with van der Waals surface area (Å²) >= 11 is 0. The van der Waals surface area contributed by atoms with Crippen LogP contribution in [0.5, 0.6) is 0 Å². The van der Waals surface area contributed by atoms with Crippen LogP contribution in [0, 0.1) is 0 Å². The number of nitrogen functional groups attached to an aromatic ring is 2. The molecule has 0 atom stereocenters. The Balaban J connectivity index is 1.90. The molecular formula is C19H17N3O2. The van der Waals surface area contributed by atoms with Crippen LogP contribution in [0.2, 0.25) is 0 Å². The molecule has 3 rings (SSSR count). The number of carbonyl (C=O) groups is 1. The second kappa shape index (κ2) is 6.42. The second-order valence-corrected chi connectivity index (χ2v) is 5.57. The van der Waals surface area contributed by atoms with E-state index in [1.54, 1.807) is 42.5 Å². The summed E-state index contributed by atoms with van der Waals surface area (Å²) in [5.74, 6) is -0.363. The van der Waals surface area contributed by atoms with Crippen molar-refractivity contribution in [3.8, 4) is 0 Å². The van der Waals surface area contributed by atoms with Gasteiger partial charge in [-0.05, 0) is 48.0 Å². The van der Waals surface area contributed by atoms with Crippen LogP contribution in [0.1, 0.15) is 5.56 Å². The molecule has 0 spiro atoms. The number of allylic oxidation sites excluding steroid dienone is 3. The summed E-state index contributed by atoms with van der Waals surface area (Å²) in [6.45, 7) is 0. The smallest absolute Gasteiger partial charge is 0.207 e. The fourth-order valence-corrected chi connectivity index (χ4v) is 2.37. The number of aliphatic imine (C=N–C) groups is 1. The molecule has 0 unspecified atom stereocenters. The molecule has 2 aromatic carbocycles. The summed E-state index contributed by atoms with van der Waals surface area (Å²) in [5, 5.41) is 10.1. The summed E-state index contributed by atoms with van der Waals surface area (Å²) < 4.78 is 0. The number of rotatable bonds is 3. The van der Waals surface area contributed by atoms with Crippen molar-refractivity contribution in [2.45, 2.75) is 6.42 Å². The predicted octanol–water partition coefficient (Wildman–Crippen LogP) is 3.12. The zero-order valence-corrected chi connectivity index (χ0v) is 12.9. The number of nitrogens with two attached hydrogens (primary N) is 2. The number of benzene rings is 2. The molecule has 0 aliphatic heterocycles. The molecule has 0 saturated carbocycles. The van der Waals surface area contributed by atoms with Crippen molar-refractivity contribution in [2.75, 3.05) is 11.5 Å². The Morgan fingerprint density at radius 3 is 2.08 bits per heavy atom. The van der Waals surface area contributed by atoms with E-state index in [2.05, 4.69) is 4.99 Å². The molecule has 0 amide bonds. The van der Waals surface area contributed by atoms with Crippen molar-refractivity contribution in [2.24, 2.45) is 4.99 Å². The highest BCUT2D eigenvalue weighted by Crippen LogP contribution is 2.22. The van der Waals surface area contributed by atoms with Gasteiger partial charge in [-0.2, -0.15) is 0 Å². The van der Waals surface area contributed by atoms with E-state index in [4.69, 9.17) is 11.5 Å². The number of nitrogens with zero attached hydrogens (tertiary/aromatic N) is 1. The number of anilines is 2. The van der Waals surface area contributed by atoms with Crippen molar-refractivity contribution in [1.82, 2.24) is 0 Å². The third-order valence-electron chi connectivity index (χ3n) is 3.68. The van der Waals surface area contributed by atoms with E-state index in [0.29, 0.717) is 29.1 Å². The molecule has 0 fully saturated rings. The molecule has 5 nitrogen and oxygen atoms in total. The SMILES string of the molecule is Nc1ccc(CC2=CC(=Nc3ccc(N)cc3)C(=O)C=C2O)cc1. The van der Waals surface area contributed by atoms with E-state index in [9.17, 15) is 9.90 Å². The minimum Gasteiger partial charge on any atom is -0.508 e. The van der Waals surface area contributed by atoms with Gasteiger partial charge in [0.25, 0.3) is 0 Å². The first-order valence-corrected chi connectivity index (χ1v) is 7.46.